The monoisotopic (exact) mass is 262 g/mol. The topological polar surface area (TPSA) is 34.0 Å². The predicted molar refractivity (Wildman–Crippen MR) is 78.5 cm³/mol. The van der Waals surface area contributed by atoms with Crippen LogP contribution in [0.15, 0.2) is 35.6 Å². The van der Waals surface area contributed by atoms with Crippen LogP contribution in [0.3, 0.4) is 0 Å². The highest BCUT2D eigenvalue weighted by molar-refractivity contribution is 7.16. The van der Waals surface area contributed by atoms with Crippen LogP contribution < -0.4 is 10.2 Å². The number of hydrogen-bond acceptors (Lipinski definition) is 3. The van der Waals surface area contributed by atoms with Crippen molar-refractivity contribution in [3.05, 3.63) is 46.1 Å². The number of hydrogen-bond donors (Lipinski definition) is 1. The quantitative estimate of drug-likeness (QED) is 0.640. The third-order valence-corrected chi connectivity index (χ3v) is 3.96. The van der Waals surface area contributed by atoms with Crippen molar-refractivity contribution < 1.29 is 0 Å². The van der Waals surface area contributed by atoms with Crippen molar-refractivity contribution in [3.63, 3.8) is 0 Å². The Bertz CT molecular complexity index is 597. The number of rotatable bonds is 6. The third kappa shape index (κ3) is 2.89. The van der Waals surface area contributed by atoms with Crippen LogP contribution in [0, 0.1) is 0 Å². The Morgan fingerprint density at radius 3 is 3.11 bits per heavy atom. The molecule has 0 amide bonds. The Labute approximate surface area is 111 Å². The van der Waals surface area contributed by atoms with E-state index < -0.39 is 0 Å². The van der Waals surface area contributed by atoms with Gasteiger partial charge in [-0.05, 0) is 37.1 Å². The fourth-order valence-electron chi connectivity index (χ4n) is 1.96. The average Bonchev–Trinajstić information content (AvgIpc) is 2.65. The highest BCUT2D eigenvalue weighted by Gasteiger charge is 2.04. The summed E-state index contributed by atoms with van der Waals surface area (Å²) in [5, 5.41) is 3.29. The van der Waals surface area contributed by atoms with Crippen LogP contribution in [-0.2, 0) is 13.5 Å². The minimum absolute atomic E-state index is 0.106. The number of aromatic nitrogens is 1. The standard InChI is InChI=1S/C14H18N2OS/c1-3-8-15-9-4-5-11-6-7-12-13(10-11)18-14(17)16(12)2/h3,6-7,10,15H,1,4-5,8-9H2,2H3. The molecule has 18 heavy (non-hydrogen) atoms. The summed E-state index contributed by atoms with van der Waals surface area (Å²) in [6.07, 6.45) is 4.00. The molecular formula is C14H18N2OS. The van der Waals surface area contributed by atoms with E-state index in [-0.39, 0.29) is 4.87 Å². The first-order chi connectivity index (χ1) is 8.72. The molecule has 0 fully saturated rings. The van der Waals surface area contributed by atoms with Crippen LogP contribution in [0.2, 0.25) is 0 Å². The van der Waals surface area contributed by atoms with E-state index in [0.717, 1.165) is 36.1 Å². The molecule has 0 radical (unpaired) electrons. The molecule has 0 aliphatic rings. The van der Waals surface area contributed by atoms with Crippen LogP contribution in [0.5, 0.6) is 0 Å². The molecule has 4 heteroatoms. The van der Waals surface area contributed by atoms with Gasteiger partial charge in [0.25, 0.3) is 0 Å². The van der Waals surface area contributed by atoms with E-state index in [0.29, 0.717) is 0 Å². The highest BCUT2D eigenvalue weighted by Crippen LogP contribution is 2.18. The van der Waals surface area contributed by atoms with Crippen molar-refractivity contribution in [2.24, 2.45) is 7.05 Å². The number of aryl methyl sites for hydroxylation is 2. The van der Waals surface area contributed by atoms with Crippen molar-refractivity contribution in [3.8, 4) is 0 Å². The van der Waals surface area contributed by atoms with Gasteiger partial charge in [-0.1, -0.05) is 23.5 Å². The molecule has 2 aromatic rings. The van der Waals surface area contributed by atoms with Gasteiger partial charge in [0.15, 0.2) is 0 Å². The lowest BCUT2D eigenvalue weighted by molar-refractivity contribution is 0.693. The average molecular weight is 262 g/mol. The molecule has 3 nitrogen and oxygen atoms in total. The van der Waals surface area contributed by atoms with E-state index in [1.54, 1.807) is 4.57 Å². The SMILES string of the molecule is C=CCNCCCc1ccc2c(c1)sc(=O)n2C. The van der Waals surface area contributed by atoms with E-state index in [1.165, 1.54) is 16.9 Å². The molecule has 0 saturated heterocycles. The zero-order valence-electron chi connectivity index (χ0n) is 10.6. The molecule has 0 unspecified atom stereocenters. The molecule has 1 heterocycles. The van der Waals surface area contributed by atoms with Gasteiger partial charge in [0.1, 0.15) is 0 Å². The van der Waals surface area contributed by atoms with Crippen LogP contribution in [-0.4, -0.2) is 17.7 Å². The van der Waals surface area contributed by atoms with Crippen LogP contribution >= 0.6 is 11.3 Å². The molecule has 0 bridgehead atoms. The second-order valence-corrected chi connectivity index (χ2v) is 5.32. The summed E-state index contributed by atoms with van der Waals surface area (Å²) >= 11 is 1.32. The van der Waals surface area contributed by atoms with Gasteiger partial charge < -0.3 is 9.88 Å². The van der Waals surface area contributed by atoms with Gasteiger partial charge in [-0.3, -0.25) is 4.79 Å². The number of fused-ring (bicyclic) bond motifs is 1. The lowest BCUT2D eigenvalue weighted by atomic mass is 10.1. The van der Waals surface area contributed by atoms with Crippen molar-refractivity contribution >= 4 is 21.6 Å². The Balaban J connectivity index is 2.02. The van der Waals surface area contributed by atoms with Crippen LogP contribution in [0.4, 0.5) is 0 Å². The molecule has 0 aliphatic carbocycles. The molecule has 0 saturated carbocycles. The maximum atomic E-state index is 11.5. The zero-order valence-corrected chi connectivity index (χ0v) is 11.4. The summed E-state index contributed by atoms with van der Waals surface area (Å²) in [5.41, 5.74) is 2.32. The molecule has 0 aliphatic heterocycles. The first-order valence-electron chi connectivity index (χ1n) is 6.12. The van der Waals surface area contributed by atoms with Crippen molar-refractivity contribution in [1.82, 2.24) is 9.88 Å². The summed E-state index contributed by atoms with van der Waals surface area (Å²) < 4.78 is 2.79. The van der Waals surface area contributed by atoms with Gasteiger partial charge in [0, 0.05) is 13.6 Å². The summed E-state index contributed by atoms with van der Waals surface area (Å²) in [4.78, 5) is 11.7. The van der Waals surface area contributed by atoms with Gasteiger partial charge in [-0.2, -0.15) is 0 Å². The number of thiazole rings is 1. The van der Waals surface area contributed by atoms with Gasteiger partial charge in [-0.25, -0.2) is 0 Å². The van der Waals surface area contributed by atoms with E-state index in [1.807, 2.05) is 19.2 Å². The minimum atomic E-state index is 0.106. The van der Waals surface area contributed by atoms with E-state index in [2.05, 4.69) is 24.0 Å². The smallest absolute Gasteiger partial charge is 0.307 e. The van der Waals surface area contributed by atoms with E-state index >= 15 is 0 Å². The van der Waals surface area contributed by atoms with E-state index in [9.17, 15) is 4.79 Å². The second kappa shape index (κ2) is 5.98. The lowest BCUT2D eigenvalue weighted by Gasteiger charge is -2.03. The molecule has 0 spiro atoms. The van der Waals surface area contributed by atoms with Crippen molar-refractivity contribution in [2.75, 3.05) is 13.1 Å². The first-order valence-corrected chi connectivity index (χ1v) is 6.94. The summed E-state index contributed by atoms with van der Waals surface area (Å²) in [6, 6.07) is 6.29. The molecule has 0 atom stereocenters. The van der Waals surface area contributed by atoms with Gasteiger partial charge in [0.2, 0.25) is 0 Å². The van der Waals surface area contributed by atoms with Crippen molar-refractivity contribution in [1.29, 1.82) is 0 Å². The maximum Gasteiger partial charge on any atom is 0.307 e. The first kappa shape index (κ1) is 13.1. The lowest BCUT2D eigenvalue weighted by Crippen LogP contribution is -2.15. The summed E-state index contributed by atoms with van der Waals surface area (Å²) in [6.45, 7) is 5.52. The Kier molecular flexibility index (Phi) is 4.33. The molecule has 1 N–H and O–H groups in total. The minimum Gasteiger partial charge on any atom is -0.313 e. The second-order valence-electron chi connectivity index (χ2n) is 4.33. The Morgan fingerprint density at radius 1 is 1.50 bits per heavy atom. The highest BCUT2D eigenvalue weighted by atomic mass is 32.1. The largest absolute Gasteiger partial charge is 0.313 e. The molecule has 2 rings (SSSR count). The maximum absolute atomic E-state index is 11.5. The zero-order chi connectivity index (χ0) is 13.0. The molecular weight excluding hydrogens is 244 g/mol. The van der Waals surface area contributed by atoms with E-state index in [4.69, 9.17) is 0 Å². The van der Waals surface area contributed by atoms with Crippen LogP contribution in [0.25, 0.3) is 10.2 Å². The number of nitrogens with zero attached hydrogens (tertiary/aromatic N) is 1. The molecule has 1 aromatic heterocycles. The predicted octanol–water partition coefficient (Wildman–Crippen LogP) is 2.31. The fraction of sp³-hybridized carbons (Fsp3) is 0.357. The Hall–Kier alpha value is -1.39. The Morgan fingerprint density at radius 2 is 2.33 bits per heavy atom. The normalized spacial score (nSPS) is 10.9. The third-order valence-electron chi connectivity index (χ3n) is 2.96. The van der Waals surface area contributed by atoms with Gasteiger partial charge >= 0.3 is 4.87 Å². The molecule has 1 aromatic carbocycles. The summed E-state index contributed by atoms with van der Waals surface area (Å²) in [5.74, 6) is 0. The van der Waals surface area contributed by atoms with Gasteiger partial charge in [0.05, 0.1) is 10.2 Å². The van der Waals surface area contributed by atoms with Crippen LogP contribution in [0.1, 0.15) is 12.0 Å². The van der Waals surface area contributed by atoms with Crippen molar-refractivity contribution in [2.45, 2.75) is 12.8 Å². The number of nitrogens with one attached hydrogen (secondary N) is 1. The number of benzene rings is 1. The van der Waals surface area contributed by atoms with Gasteiger partial charge in [-0.15, -0.1) is 6.58 Å². The summed E-state index contributed by atoms with van der Waals surface area (Å²) in [7, 11) is 1.82. The molecule has 96 valence electrons. The fourth-order valence-corrected chi connectivity index (χ4v) is 2.90.